The maximum Gasteiger partial charge on any atom is 0.287 e. The number of carbonyl (C=O) groups is 1. The molecule has 1 aromatic carbocycles. The number of fused-ring (bicyclic) bond motifs is 1. The lowest BCUT2D eigenvalue weighted by Crippen LogP contribution is -2.36. The van der Waals surface area contributed by atoms with Crippen molar-refractivity contribution < 1.29 is 13.6 Å². The highest BCUT2D eigenvalue weighted by Crippen LogP contribution is 2.25. The summed E-state index contributed by atoms with van der Waals surface area (Å²) in [5, 5.41) is 3.40. The van der Waals surface area contributed by atoms with Crippen LogP contribution in [-0.2, 0) is 0 Å². The van der Waals surface area contributed by atoms with Crippen molar-refractivity contribution in [2.24, 2.45) is 0 Å². The van der Waals surface area contributed by atoms with E-state index in [1.54, 1.807) is 18.4 Å². The summed E-state index contributed by atoms with van der Waals surface area (Å²) < 4.78 is 11.3. The molecule has 1 aliphatic heterocycles. The Hall–Kier alpha value is -2.86. The number of furan rings is 1. The smallest absolute Gasteiger partial charge is 0.287 e. The molecule has 3 heterocycles. The Labute approximate surface area is 163 Å². The van der Waals surface area contributed by atoms with Crippen molar-refractivity contribution in [3.05, 3.63) is 69.5 Å². The molecule has 4 rings (SSSR count). The second-order valence-corrected chi connectivity index (χ2v) is 7.39. The number of rotatable bonds is 5. The average molecular weight is 380 g/mol. The molecular weight excluding hydrogens is 356 g/mol. The quantitative estimate of drug-likeness (QED) is 0.732. The van der Waals surface area contributed by atoms with Crippen molar-refractivity contribution in [3.63, 3.8) is 0 Å². The highest BCUT2D eigenvalue weighted by molar-refractivity contribution is 5.93. The summed E-state index contributed by atoms with van der Waals surface area (Å²) in [6.45, 7) is 6.24. The summed E-state index contributed by atoms with van der Waals surface area (Å²) in [6, 6.07) is 8.63. The molecule has 2 aromatic heterocycles. The summed E-state index contributed by atoms with van der Waals surface area (Å²) in [5.74, 6) is 0.460. The van der Waals surface area contributed by atoms with Crippen molar-refractivity contribution in [2.75, 3.05) is 19.6 Å². The van der Waals surface area contributed by atoms with Crippen LogP contribution in [-0.4, -0.2) is 30.4 Å². The van der Waals surface area contributed by atoms with E-state index in [9.17, 15) is 9.59 Å². The van der Waals surface area contributed by atoms with Gasteiger partial charge in [0.05, 0.1) is 17.7 Å². The maximum atomic E-state index is 12.7. The molecule has 0 bridgehead atoms. The van der Waals surface area contributed by atoms with E-state index >= 15 is 0 Å². The molecule has 0 radical (unpaired) electrons. The third-order valence-corrected chi connectivity index (χ3v) is 5.48. The number of likely N-dealkylation sites (tertiary alicyclic amines) is 1. The number of nitrogens with one attached hydrogen (secondary N) is 1. The average Bonchev–Trinajstić information content (AvgIpc) is 3.38. The first-order chi connectivity index (χ1) is 13.5. The van der Waals surface area contributed by atoms with Gasteiger partial charge in [-0.05, 0) is 75.2 Å². The van der Waals surface area contributed by atoms with Gasteiger partial charge >= 0.3 is 0 Å². The van der Waals surface area contributed by atoms with Crippen LogP contribution in [0.5, 0.6) is 0 Å². The van der Waals surface area contributed by atoms with Gasteiger partial charge < -0.3 is 14.2 Å². The fourth-order valence-electron chi connectivity index (χ4n) is 3.74. The van der Waals surface area contributed by atoms with E-state index in [0.717, 1.165) is 42.8 Å². The van der Waals surface area contributed by atoms with Crippen LogP contribution in [0, 0.1) is 13.8 Å². The predicted molar refractivity (Wildman–Crippen MR) is 107 cm³/mol. The minimum Gasteiger partial charge on any atom is -0.468 e. The third kappa shape index (κ3) is 3.60. The summed E-state index contributed by atoms with van der Waals surface area (Å²) >= 11 is 0. The van der Waals surface area contributed by atoms with Crippen molar-refractivity contribution >= 4 is 16.9 Å². The Balaban J connectivity index is 1.55. The Bertz CT molecular complexity index is 1050. The molecule has 6 nitrogen and oxygen atoms in total. The van der Waals surface area contributed by atoms with Crippen LogP contribution in [0.2, 0.25) is 0 Å². The monoisotopic (exact) mass is 380 g/mol. The van der Waals surface area contributed by atoms with E-state index < -0.39 is 5.91 Å². The lowest BCUT2D eigenvalue weighted by molar-refractivity contribution is 0.0906. The van der Waals surface area contributed by atoms with E-state index in [1.165, 1.54) is 6.07 Å². The van der Waals surface area contributed by atoms with Gasteiger partial charge in [0, 0.05) is 12.6 Å². The fourth-order valence-corrected chi connectivity index (χ4v) is 3.74. The maximum absolute atomic E-state index is 12.7. The largest absolute Gasteiger partial charge is 0.468 e. The Kier molecular flexibility index (Phi) is 5.05. The topological polar surface area (TPSA) is 75.7 Å². The van der Waals surface area contributed by atoms with Gasteiger partial charge in [0.1, 0.15) is 11.3 Å². The van der Waals surface area contributed by atoms with Gasteiger partial charge in [-0.2, -0.15) is 0 Å². The van der Waals surface area contributed by atoms with Crippen LogP contribution in [0.1, 0.15) is 46.3 Å². The summed E-state index contributed by atoms with van der Waals surface area (Å²) in [7, 11) is 0. The zero-order valence-electron chi connectivity index (χ0n) is 16.2. The first kappa shape index (κ1) is 18.5. The van der Waals surface area contributed by atoms with Gasteiger partial charge in [0.15, 0.2) is 11.2 Å². The highest BCUT2D eigenvalue weighted by atomic mass is 16.3. The van der Waals surface area contributed by atoms with Crippen molar-refractivity contribution in [2.45, 2.75) is 32.7 Å². The predicted octanol–water partition coefficient (Wildman–Crippen LogP) is 3.57. The van der Waals surface area contributed by atoms with Gasteiger partial charge in [-0.3, -0.25) is 14.5 Å². The first-order valence-corrected chi connectivity index (χ1v) is 9.63. The third-order valence-electron chi connectivity index (χ3n) is 5.48. The normalized spacial score (nSPS) is 15.8. The van der Waals surface area contributed by atoms with Crippen molar-refractivity contribution in [3.8, 4) is 0 Å². The van der Waals surface area contributed by atoms with Crippen molar-refractivity contribution in [1.82, 2.24) is 10.2 Å². The van der Waals surface area contributed by atoms with Gasteiger partial charge in [-0.15, -0.1) is 0 Å². The Morgan fingerprint density at radius 1 is 1.18 bits per heavy atom. The van der Waals surface area contributed by atoms with E-state index in [4.69, 9.17) is 8.83 Å². The molecule has 1 N–H and O–H groups in total. The van der Waals surface area contributed by atoms with Crippen LogP contribution in [0.4, 0.5) is 0 Å². The standard InChI is InChI=1S/C22H24N2O4/c1-14-10-16-18(25)12-21(28-20(16)11-15(14)2)22(26)23-13-17(19-6-5-9-27-19)24-7-3-4-8-24/h5-6,9-12,17H,3-4,7-8,13H2,1-2H3,(H,23,26). The van der Waals surface area contributed by atoms with Gasteiger partial charge in [-0.25, -0.2) is 0 Å². The number of benzene rings is 1. The zero-order valence-corrected chi connectivity index (χ0v) is 16.2. The molecular formula is C22H24N2O4. The number of amides is 1. The molecule has 0 spiro atoms. The van der Waals surface area contributed by atoms with Crippen LogP contribution in [0.15, 0.2) is 50.2 Å². The number of aryl methyl sites for hydroxylation is 2. The van der Waals surface area contributed by atoms with E-state index in [2.05, 4.69) is 10.2 Å². The molecule has 1 amide bonds. The van der Waals surface area contributed by atoms with Crippen LogP contribution < -0.4 is 10.7 Å². The molecule has 146 valence electrons. The van der Waals surface area contributed by atoms with E-state index in [0.29, 0.717) is 17.5 Å². The number of nitrogens with zero attached hydrogens (tertiary/aromatic N) is 1. The minimum absolute atomic E-state index is 0.0281. The molecule has 1 unspecified atom stereocenters. The van der Waals surface area contributed by atoms with Crippen molar-refractivity contribution in [1.29, 1.82) is 0 Å². The van der Waals surface area contributed by atoms with E-state index in [1.807, 2.05) is 26.0 Å². The lowest BCUT2D eigenvalue weighted by Gasteiger charge is -2.25. The van der Waals surface area contributed by atoms with Gasteiger partial charge in [0.25, 0.3) is 5.91 Å². The molecule has 1 atom stereocenters. The molecule has 1 fully saturated rings. The second-order valence-electron chi connectivity index (χ2n) is 7.39. The number of carbonyl (C=O) groups excluding carboxylic acids is 1. The number of hydrogen-bond acceptors (Lipinski definition) is 5. The SMILES string of the molecule is Cc1cc2oc(C(=O)NCC(c3ccco3)N3CCCC3)cc(=O)c2cc1C. The van der Waals surface area contributed by atoms with Gasteiger partial charge in [-0.1, -0.05) is 0 Å². The Morgan fingerprint density at radius 3 is 2.64 bits per heavy atom. The molecule has 0 aliphatic carbocycles. The molecule has 3 aromatic rings. The molecule has 6 heteroatoms. The summed E-state index contributed by atoms with van der Waals surface area (Å²) in [6.07, 6.45) is 3.93. The molecule has 1 saturated heterocycles. The second kappa shape index (κ2) is 7.64. The van der Waals surface area contributed by atoms with Crippen LogP contribution in [0.25, 0.3) is 11.0 Å². The van der Waals surface area contributed by atoms with E-state index in [-0.39, 0.29) is 17.2 Å². The van der Waals surface area contributed by atoms with Crippen LogP contribution in [0.3, 0.4) is 0 Å². The fraction of sp³-hybridized carbons (Fsp3) is 0.364. The summed E-state index contributed by atoms with van der Waals surface area (Å²) in [5.41, 5.74) is 2.25. The van der Waals surface area contributed by atoms with Gasteiger partial charge in [0.2, 0.25) is 0 Å². The molecule has 0 saturated carbocycles. The summed E-state index contributed by atoms with van der Waals surface area (Å²) in [4.78, 5) is 27.4. The minimum atomic E-state index is -0.395. The first-order valence-electron chi connectivity index (χ1n) is 9.63. The zero-order chi connectivity index (χ0) is 19.7. The lowest BCUT2D eigenvalue weighted by atomic mass is 10.1. The van der Waals surface area contributed by atoms with Crippen LogP contribution >= 0.6 is 0 Å². The number of hydrogen-bond donors (Lipinski definition) is 1. The Morgan fingerprint density at radius 2 is 1.93 bits per heavy atom. The highest BCUT2D eigenvalue weighted by Gasteiger charge is 2.26. The molecule has 28 heavy (non-hydrogen) atoms. The molecule has 1 aliphatic rings.